The van der Waals surface area contributed by atoms with E-state index in [4.69, 9.17) is 4.74 Å². The van der Waals surface area contributed by atoms with Gasteiger partial charge in [-0.05, 0) is 20.0 Å². The van der Waals surface area contributed by atoms with Crippen molar-refractivity contribution in [1.82, 2.24) is 14.9 Å². The number of hydrazine groups is 1. The van der Waals surface area contributed by atoms with Gasteiger partial charge >= 0.3 is 0 Å². The van der Waals surface area contributed by atoms with E-state index in [-0.39, 0.29) is 0 Å². The second kappa shape index (κ2) is 5.84. The molecule has 5 nitrogen and oxygen atoms in total. The second-order valence-corrected chi connectivity index (χ2v) is 4.20. The highest BCUT2D eigenvalue weighted by Crippen LogP contribution is 2.12. The first kappa shape index (κ1) is 12.1. The maximum atomic E-state index is 5.37. The molecule has 17 heavy (non-hydrogen) atoms. The first-order valence-corrected chi connectivity index (χ1v) is 6.08. The van der Waals surface area contributed by atoms with Gasteiger partial charge in [-0.3, -0.25) is 0 Å². The van der Waals surface area contributed by atoms with Gasteiger partial charge in [-0.15, -0.1) is 0 Å². The number of aromatic nitrogens is 1. The third-order valence-corrected chi connectivity index (χ3v) is 2.79. The summed E-state index contributed by atoms with van der Waals surface area (Å²) in [6.07, 6.45) is 0. The topological polar surface area (TPSA) is 40.6 Å². The number of anilines is 1. The SMILES string of the molecule is CCOc1cccc(NN2CCN(C)CC2)n1. The summed E-state index contributed by atoms with van der Waals surface area (Å²) < 4.78 is 5.37. The number of nitrogens with zero attached hydrogens (tertiary/aromatic N) is 3. The molecule has 0 atom stereocenters. The van der Waals surface area contributed by atoms with Crippen molar-refractivity contribution in [3.05, 3.63) is 18.2 Å². The smallest absolute Gasteiger partial charge is 0.215 e. The van der Waals surface area contributed by atoms with Crippen molar-refractivity contribution in [1.29, 1.82) is 0 Å². The number of nitrogens with one attached hydrogen (secondary N) is 1. The zero-order chi connectivity index (χ0) is 12.1. The van der Waals surface area contributed by atoms with Crippen molar-refractivity contribution < 1.29 is 4.74 Å². The number of rotatable bonds is 4. The molecule has 0 amide bonds. The molecule has 0 bridgehead atoms. The Morgan fingerprint density at radius 1 is 1.29 bits per heavy atom. The molecule has 0 aliphatic carbocycles. The molecule has 1 saturated heterocycles. The summed E-state index contributed by atoms with van der Waals surface area (Å²) in [7, 11) is 2.14. The molecule has 2 heterocycles. The molecule has 1 aliphatic rings. The van der Waals surface area contributed by atoms with Crippen LogP contribution in [0.15, 0.2) is 18.2 Å². The van der Waals surface area contributed by atoms with E-state index in [1.54, 1.807) is 0 Å². The van der Waals surface area contributed by atoms with Crippen molar-refractivity contribution in [2.75, 3.05) is 45.3 Å². The number of hydrogen-bond donors (Lipinski definition) is 1. The van der Waals surface area contributed by atoms with Gasteiger partial charge in [0.25, 0.3) is 0 Å². The lowest BCUT2D eigenvalue weighted by molar-refractivity contribution is 0.178. The van der Waals surface area contributed by atoms with Crippen LogP contribution in [0.2, 0.25) is 0 Å². The van der Waals surface area contributed by atoms with E-state index in [0.29, 0.717) is 12.5 Å². The van der Waals surface area contributed by atoms with Crippen LogP contribution in [0.25, 0.3) is 0 Å². The Balaban J connectivity index is 1.91. The minimum atomic E-state index is 0.644. The number of pyridine rings is 1. The average Bonchev–Trinajstić information content (AvgIpc) is 2.33. The molecule has 1 aliphatic heterocycles. The van der Waals surface area contributed by atoms with Gasteiger partial charge in [0.15, 0.2) is 0 Å². The van der Waals surface area contributed by atoms with Gasteiger partial charge in [0.1, 0.15) is 5.82 Å². The number of ether oxygens (including phenoxy) is 1. The molecule has 0 unspecified atom stereocenters. The van der Waals surface area contributed by atoms with Crippen LogP contribution in [0.3, 0.4) is 0 Å². The van der Waals surface area contributed by atoms with E-state index < -0.39 is 0 Å². The third-order valence-electron chi connectivity index (χ3n) is 2.79. The molecule has 0 saturated carbocycles. The molecule has 0 radical (unpaired) electrons. The Labute approximate surface area is 102 Å². The fraction of sp³-hybridized carbons (Fsp3) is 0.583. The van der Waals surface area contributed by atoms with E-state index in [1.807, 2.05) is 25.1 Å². The summed E-state index contributed by atoms with van der Waals surface area (Å²) >= 11 is 0. The molecular formula is C12H20N4O. The zero-order valence-electron chi connectivity index (χ0n) is 10.5. The summed E-state index contributed by atoms with van der Waals surface area (Å²) in [5.74, 6) is 1.52. The standard InChI is InChI=1S/C12H20N4O/c1-3-17-12-6-4-5-11(13-12)14-16-9-7-15(2)8-10-16/h4-6H,3,7-10H2,1-2H3,(H,13,14). The first-order chi connectivity index (χ1) is 8.28. The summed E-state index contributed by atoms with van der Waals surface area (Å²) in [4.78, 5) is 6.71. The summed E-state index contributed by atoms with van der Waals surface area (Å²) in [5.41, 5.74) is 3.32. The fourth-order valence-corrected chi connectivity index (χ4v) is 1.79. The van der Waals surface area contributed by atoms with E-state index in [2.05, 4.69) is 27.4 Å². The zero-order valence-corrected chi connectivity index (χ0v) is 10.5. The Bertz CT molecular complexity index is 350. The Morgan fingerprint density at radius 2 is 2.06 bits per heavy atom. The first-order valence-electron chi connectivity index (χ1n) is 6.08. The molecule has 0 spiro atoms. The monoisotopic (exact) mass is 236 g/mol. The van der Waals surface area contributed by atoms with Crippen LogP contribution in [0.4, 0.5) is 5.82 Å². The van der Waals surface area contributed by atoms with Gasteiger partial charge in [0.05, 0.1) is 6.61 Å². The average molecular weight is 236 g/mol. The molecule has 5 heteroatoms. The highest BCUT2D eigenvalue weighted by atomic mass is 16.5. The van der Waals surface area contributed by atoms with Gasteiger partial charge in [0.2, 0.25) is 5.88 Å². The van der Waals surface area contributed by atoms with Gasteiger partial charge in [0, 0.05) is 32.2 Å². The Kier molecular flexibility index (Phi) is 4.17. The number of piperazine rings is 1. The largest absolute Gasteiger partial charge is 0.478 e. The number of likely N-dealkylation sites (N-methyl/N-ethyl adjacent to an activating group) is 1. The van der Waals surface area contributed by atoms with Gasteiger partial charge < -0.3 is 15.1 Å². The van der Waals surface area contributed by atoms with E-state index in [0.717, 1.165) is 32.0 Å². The molecule has 94 valence electrons. The molecule has 1 fully saturated rings. The van der Waals surface area contributed by atoms with Gasteiger partial charge in [-0.25, -0.2) is 5.01 Å². The van der Waals surface area contributed by atoms with Crippen molar-refractivity contribution in [2.24, 2.45) is 0 Å². The van der Waals surface area contributed by atoms with Crippen LogP contribution in [-0.2, 0) is 0 Å². The van der Waals surface area contributed by atoms with Crippen molar-refractivity contribution in [2.45, 2.75) is 6.92 Å². The fourth-order valence-electron chi connectivity index (χ4n) is 1.79. The summed E-state index contributed by atoms with van der Waals surface area (Å²) in [6.45, 7) is 6.79. The van der Waals surface area contributed by atoms with Crippen LogP contribution in [0.1, 0.15) is 6.92 Å². The highest BCUT2D eigenvalue weighted by molar-refractivity contribution is 5.36. The second-order valence-electron chi connectivity index (χ2n) is 4.20. The predicted molar refractivity (Wildman–Crippen MR) is 68.1 cm³/mol. The molecular weight excluding hydrogens is 216 g/mol. The van der Waals surface area contributed by atoms with E-state index >= 15 is 0 Å². The van der Waals surface area contributed by atoms with Crippen molar-refractivity contribution >= 4 is 5.82 Å². The van der Waals surface area contributed by atoms with E-state index in [9.17, 15) is 0 Å². The van der Waals surface area contributed by atoms with Crippen LogP contribution in [0, 0.1) is 0 Å². The van der Waals surface area contributed by atoms with Crippen molar-refractivity contribution in [3.63, 3.8) is 0 Å². The van der Waals surface area contributed by atoms with Crippen LogP contribution in [-0.4, -0.2) is 54.7 Å². The van der Waals surface area contributed by atoms with Crippen LogP contribution in [0.5, 0.6) is 5.88 Å². The molecule has 0 aromatic carbocycles. The molecule has 1 aromatic rings. The quantitative estimate of drug-likeness (QED) is 0.846. The number of hydrogen-bond acceptors (Lipinski definition) is 5. The van der Waals surface area contributed by atoms with Gasteiger partial charge in [-0.2, -0.15) is 4.98 Å². The lowest BCUT2D eigenvalue weighted by Gasteiger charge is -2.32. The minimum absolute atomic E-state index is 0.644. The molecule has 1 aromatic heterocycles. The molecule has 2 rings (SSSR count). The van der Waals surface area contributed by atoms with E-state index in [1.165, 1.54) is 0 Å². The normalized spacial score (nSPS) is 18.0. The van der Waals surface area contributed by atoms with Crippen LogP contribution < -0.4 is 10.2 Å². The lowest BCUT2D eigenvalue weighted by atomic mass is 10.4. The lowest BCUT2D eigenvalue weighted by Crippen LogP contribution is -2.47. The predicted octanol–water partition coefficient (Wildman–Crippen LogP) is 1.05. The molecule has 1 N–H and O–H groups in total. The maximum absolute atomic E-state index is 5.37. The highest BCUT2D eigenvalue weighted by Gasteiger charge is 2.13. The minimum Gasteiger partial charge on any atom is -0.478 e. The van der Waals surface area contributed by atoms with Crippen molar-refractivity contribution in [3.8, 4) is 5.88 Å². The summed E-state index contributed by atoms with van der Waals surface area (Å²) in [6, 6.07) is 5.79. The Hall–Kier alpha value is -1.33. The maximum Gasteiger partial charge on any atom is 0.215 e. The van der Waals surface area contributed by atoms with Crippen LogP contribution >= 0.6 is 0 Å². The summed E-state index contributed by atoms with van der Waals surface area (Å²) in [5, 5.41) is 2.19. The van der Waals surface area contributed by atoms with Gasteiger partial charge in [-0.1, -0.05) is 6.07 Å². The Morgan fingerprint density at radius 3 is 2.76 bits per heavy atom. The third kappa shape index (κ3) is 3.57.